The number of carbonyl (C=O) groups excluding carboxylic acids is 2. The fourth-order valence-electron chi connectivity index (χ4n) is 3.43. The van der Waals surface area contributed by atoms with Gasteiger partial charge in [0.15, 0.2) is 0 Å². The van der Waals surface area contributed by atoms with Crippen LogP contribution >= 0.6 is 0 Å². The maximum Gasteiger partial charge on any atom is 0.243 e. The molecule has 0 aliphatic carbocycles. The van der Waals surface area contributed by atoms with E-state index in [0.717, 1.165) is 37.2 Å². The number of hydrogen-bond acceptors (Lipinski definition) is 6. The number of ether oxygens (including phenoxy) is 1. The van der Waals surface area contributed by atoms with Crippen molar-refractivity contribution in [3.8, 4) is 5.75 Å². The van der Waals surface area contributed by atoms with Crippen molar-refractivity contribution in [2.75, 3.05) is 25.1 Å². The molecule has 2 heterocycles. The SMILES string of the molecule is COc1ccc(CC(NC(C)=O)C(=O)NC2CCN(c3ncccn3)CC2)cc1. The number of aromatic nitrogens is 2. The number of piperidine rings is 1. The molecule has 0 saturated carbocycles. The van der Waals surface area contributed by atoms with Crippen LogP contribution in [0.25, 0.3) is 0 Å². The van der Waals surface area contributed by atoms with Crippen LogP contribution in [0.4, 0.5) is 5.95 Å². The summed E-state index contributed by atoms with van der Waals surface area (Å²) >= 11 is 0. The molecule has 1 unspecified atom stereocenters. The average molecular weight is 397 g/mol. The van der Waals surface area contributed by atoms with Crippen LogP contribution in [-0.4, -0.2) is 54.1 Å². The molecule has 3 rings (SSSR count). The number of nitrogens with one attached hydrogen (secondary N) is 2. The Morgan fingerprint density at radius 1 is 1.17 bits per heavy atom. The molecule has 1 fully saturated rings. The summed E-state index contributed by atoms with van der Waals surface area (Å²) in [7, 11) is 1.61. The highest BCUT2D eigenvalue weighted by Crippen LogP contribution is 2.16. The molecular weight excluding hydrogens is 370 g/mol. The summed E-state index contributed by atoms with van der Waals surface area (Å²) in [6.07, 6.45) is 5.49. The van der Waals surface area contributed by atoms with Gasteiger partial charge in [-0.25, -0.2) is 9.97 Å². The van der Waals surface area contributed by atoms with Crippen LogP contribution in [0.2, 0.25) is 0 Å². The van der Waals surface area contributed by atoms with Crippen molar-refractivity contribution in [1.82, 2.24) is 20.6 Å². The van der Waals surface area contributed by atoms with E-state index in [1.165, 1.54) is 6.92 Å². The number of rotatable bonds is 7. The zero-order valence-electron chi connectivity index (χ0n) is 16.8. The molecule has 1 aromatic heterocycles. The van der Waals surface area contributed by atoms with E-state index < -0.39 is 6.04 Å². The summed E-state index contributed by atoms with van der Waals surface area (Å²) in [6.45, 7) is 2.98. The van der Waals surface area contributed by atoms with Gasteiger partial charge in [-0.1, -0.05) is 12.1 Å². The highest BCUT2D eigenvalue weighted by molar-refractivity contribution is 5.87. The van der Waals surface area contributed by atoms with Crippen LogP contribution in [0.5, 0.6) is 5.75 Å². The van der Waals surface area contributed by atoms with E-state index in [1.807, 2.05) is 24.3 Å². The van der Waals surface area contributed by atoms with Crippen molar-refractivity contribution < 1.29 is 14.3 Å². The van der Waals surface area contributed by atoms with Gasteiger partial charge in [-0.05, 0) is 36.6 Å². The van der Waals surface area contributed by atoms with Gasteiger partial charge < -0.3 is 20.3 Å². The second-order valence-electron chi connectivity index (χ2n) is 7.12. The average Bonchev–Trinajstić information content (AvgIpc) is 2.74. The third-order valence-corrected chi connectivity index (χ3v) is 4.97. The number of amides is 2. The third-order valence-electron chi connectivity index (χ3n) is 4.97. The molecule has 29 heavy (non-hydrogen) atoms. The molecule has 2 amide bonds. The monoisotopic (exact) mass is 397 g/mol. The second kappa shape index (κ2) is 9.86. The van der Waals surface area contributed by atoms with E-state index in [0.29, 0.717) is 12.4 Å². The molecule has 8 nitrogen and oxygen atoms in total. The van der Waals surface area contributed by atoms with E-state index in [4.69, 9.17) is 4.74 Å². The van der Waals surface area contributed by atoms with E-state index in [9.17, 15) is 9.59 Å². The Morgan fingerprint density at radius 2 is 1.83 bits per heavy atom. The summed E-state index contributed by atoms with van der Waals surface area (Å²) in [6, 6.07) is 8.74. The predicted octanol–water partition coefficient (Wildman–Crippen LogP) is 1.32. The van der Waals surface area contributed by atoms with Crippen LogP contribution in [0.15, 0.2) is 42.7 Å². The topological polar surface area (TPSA) is 96.4 Å². The number of carbonyl (C=O) groups is 2. The Morgan fingerprint density at radius 3 is 2.41 bits per heavy atom. The van der Waals surface area contributed by atoms with E-state index in [1.54, 1.807) is 25.6 Å². The molecule has 2 N–H and O–H groups in total. The highest BCUT2D eigenvalue weighted by Gasteiger charge is 2.26. The van der Waals surface area contributed by atoms with Crippen LogP contribution in [0, 0.1) is 0 Å². The maximum absolute atomic E-state index is 12.8. The Hall–Kier alpha value is -3.16. The van der Waals surface area contributed by atoms with Crippen LogP contribution in [0.1, 0.15) is 25.3 Å². The first-order valence-corrected chi connectivity index (χ1v) is 9.77. The van der Waals surface area contributed by atoms with Gasteiger partial charge in [0.2, 0.25) is 17.8 Å². The van der Waals surface area contributed by atoms with Gasteiger partial charge in [-0.3, -0.25) is 9.59 Å². The van der Waals surface area contributed by atoms with Crippen LogP contribution in [-0.2, 0) is 16.0 Å². The summed E-state index contributed by atoms with van der Waals surface area (Å²) in [5, 5.41) is 5.86. The van der Waals surface area contributed by atoms with Gasteiger partial charge in [-0.2, -0.15) is 0 Å². The first-order chi connectivity index (χ1) is 14.0. The summed E-state index contributed by atoms with van der Waals surface area (Å²) in [4.78, 5) is 35.1. The van der Waals surface area contributed by atoms with Crippen molar-refractivity contribution in [2.45, 2.75) is 38.3 Å². The van der Waals surface area contributed by atoms with Crippen molar-refractivity contribution in [1.29, 1.82) is 0 Å². The normalized spacial score (nSPS) is 15.4. The van der Waals surface area contributed by atoms with Crippen LogP contribution in [0.3, 0.4) is 0 Å². The lowest BCUT2D eigenvalue weighted by molar-refractivity contribution is -0.128. The van der Waals surface area contributed by atoms with Crippen molar-refractivity contribution in [2.24, 2.45) is 0 Å². The summed E-state index contributed by atoms with van der Waals surface area (Å²) < 4.78 is 5.17. The van der Waals surface area contributed by atoms with Crippen molar-refractivity contribution in [3.05, 3.63) is 48.3 Å². The second-order valence-corrected chi connectivity index (χ2v) is 7.12. The van der Waals surface area contributed by atoms with Gasteiger partial charge in [0.05, 0.1) is 7.11 Å². The first-order valence-electron chi connectivity index (χ1n) is 9.77. The first kappa shape index (κ1) is 20.6. The van der Waals surface area contributed by atoms with Gasteiger partial charge >= 0.3 is 0 Å². The lowest BCUT2D eigenvalue weighted by atomic mass is 10.0. The fourth-order valence-corrected chi connectivity index (χ4v) is 3.43. The molecule has 2 aromatic rings. The Bertz CT molecular complexity index is 805. The lowest BCUT2D eigenvalue weighted by Gasteiger charge is -2.33. The minimum atomic E-state index is -0.614. The number of benzene rings is 1. The minimum Gasteiger partial charge on any atom is -0.497 e. The van der Waals surface area contributed by atoms with Crippen molar-refractivity contribution >= 4 is 17.8 Å². The lowest BCUT2D eigenvalue weighted by Crippen LogP contribution is -2.52. The number of nitrogens with zero attached hydrogens (tertiary/aromatic N) is 3. The quantitative estimate of drug-likeness (QED) is 0.732. The fraction of sp³-hybridized carbons (Fsp3) is 0.429. The van der Waals surface area contributed by atoms with E-state index in [2.05, 4.69) is 25.5 Å². The summed E-state index contributed by atoms with van der Waals surface area (Å²) in [5.74, 6) is 1.08. The maximum atomic E-state index is 12.8. The smallest absolute Gasteiger partial charge is 0.243 e. The molecule has 8 heteroatoms. The van der Waals surface area contributed by atoms with Crippen LogP contribution < -0.4 is 20.3 Å². The molecular formula is C21H27N5O3. The molecule has 1 saturated heterocycles. The largest absolute Gasteiger partial charge is 0.497 e. The van der Waals surface area contributed by atoms with Gasteiger partial charge in [0.1, 0.15) is 11.8 Å². The Labute approximate surface area is 170 Å². The summed E-state index contributed by atoms with van der Waals surface area (Å²) in [5.41, 5.74) is 0.954. The predicted molar refractivity (Wildman–Crippen MR) is 110 cm³/mol. The molecule has 1 aliphatic heterocycles. The molecule has 0 spiro atoms. The third kappa shape index (κ3) is 5.91. The Kier molecular flexibility index (Phi) is 6.99. The van der Waals surface area contributed by atoms with E-state index >= 15 is 0 Å². The minimum absolute atomic E-state index is 0.0644. The van der Waals surface area contributed by atoms with Crippen molar-refractivity contribution in [3.63, 3.8) is 0 Å². The standard InChI is InChI=1S/C21H27N5O3/c1-15(27)24-19(14-16-4-6-18(29-2)7-5-16)20(28)25-17-8-12-26(13-9-17)21-22-10-3-11-23-21/h3-7,10-11,17,19H,8-9,12-14H2,1-2H3,(H,24,27)(H,25,28). The zero-order chi connectivity index (χ0) is 20.6. The zero-order valence-corrected chi connectivity index (χ0v) is 16.8. The highest BCUT2D eigenvalue weighted by atomic mass is 16.5. The molecule has 1 aliphatic rings. The molecule has 0 radical (unpaired) electrons. The number of hydrogen-bond donors (Lipinski definition) is 2. The number of anilines is 1. The molecule has 0 bridgehead atoms. The molecule has 1 atom stereocenters. The Balaban J connectivity index is 1.56. The number of methoxy groups -OCH3 is 1. The van der Waals surface area contributed by atoms with Gasteiger partial charge in [0, 0.05) is 44.9 Å². The molecule has 1 aromatic carbocycles. The van der Waals surface area contributed by atoms with Gasteiger partial charge in [0.25, 0.3) is 0 Å². The molecule has 154 valence electrons. The van der Waals surface area contributed by atoms with Gasteiger partial charge in [-0.15, -0.1) is 0 Å². The van der Waals surface area contributed by atoms with E-state index in [-0.39, 0.29) is 17.9 Å².